The topological polar surface area (TPSA) is 41.1 Å². The van der Waals surface area contributed by atoms with Gasteiger partial charge in [-0.3, -0.25) is 4.79 Å². The summed E-state index contributed by atoms with van der Waals surface area (Å²) in [5, 5.41) is 6.27. The van der Waals surface area contributed by atoms with Crippen LogP contribution in [0, 0.1) is 5.92 Å². The highest BCUT2D eigenvalue weighted by molar-refractivity contribution is 7.14. The first kappa shape index (κ1) is 17.5. The predicted octanol–water partition coefficient (Wildman–Crippen LogP) is 3.02. The van der Waals surface area contributed by atoms with Crippen molar-refractivity contribution in [2.45, 2.75) is 39.5 Å². The van der Waals surface area contributed by atoms with Crippen LogP contribution < -0.4 is 10.6 Å². The fraction of sp³-hybridized carbons (Fsp3) is 0.667. The highest BCUT2D eigenvalue weighted by Gasteiger charge is 2.20. The van der Waals surface area contributed by atoms with E-state index < -0.39 is 0 Å². The standard InChI is InChI=1S/C15H24N2OS.ClH/c1-3-6-16-7-8-17-15(18)14-10-12-9-11(2)4-5-13(12)19-14;/h10-11,16H,3-9H2,1-2H3,(H,17,18);1H. The summed E-state index contributed by atoms with van der Waals surface area (Å²) in [6.07, 6.45) is 4.67. The summed E-state index contributed by atoms with van der Waals surface area (Å²) in [5.41, 5.74) is 1.40. The van der Waals surface area contributed by atoms with Gasteiger partial charge >= 0.3 is 0 Å². The van der Waals surface area contributed by atoms with Crippen LogP contribution in [-0.2, 0) is 12.8 Å². The van der Waals surface area contributed by atoms with E-state index >= 15 is 0 Å². The van der Waals surface area contributed by atoms with Crippen molar-refractivity contribution in [2.75, 3.05) is 19.6 Å². The zero-order valence-corrected chi connectivity index (χ0v) is 14.0. The highest BCUT2D eigenvalue weighted by atomic mass is 35.5. The van der Waals surface area contributed by atoms with E-state index in [2.05, 4.69) is 30.5 Å². The van der Waals surface area contributed by atoms with Crippen molar-refractivity contribution in [1.29, 1.82) is 0 Å². The number of nitrogens with one attached hydrogen (secondary N) is 2. The average molecular weight is 317 g/mol. The molecule has 1 aliphatic rings. The maximum atomic E-state index is 12.0. The Kier molecular flexibility index (Phi) is 7.56. The van der Waals surface area contributed by atoms with Crippen LogP contribution in [0.5, 0.6) is 0 Å². The number of aryl methyl sites for hydroxylation is 1. The van der Waals surface area contributed by atoms with Crippen molar-refractivity contribution < 1.29 is 4.79 Å². The minimum Gasteiger partial charge on any atom is -0.350 e. The highest BCUT2D eigenvalue weighted by Crippen LogP contribution is 2.32. The van der Waals surface area contributed by atoms with Gasteiger partial charge in [-0.25, -0.2) is 0 Å². The summed E-state index contributed by atoms with van der Waals surface area (Å²) < 4.78 is 0. The van der Waals surface area contributed by atoms with Crippen molar-refractivity contribution in [1.82, 2.24) is 10.6 Å². The second-order valence-electron chi connectivity index (χ2n) is 5.41. The molecule has 0 spiro atoms. The fourth-order valence-corrected chi connectivity index (χ4v) is 3.60. The van der Waals surface area contributed by atoms with E-state index in [9.17, 15) is 4.79 Å². The molecule has 0 bridgehead atoms. The van der Waals surface area contributed by atoms with Crippen molar-refractivity contribution in [3.63, 3.8) is 0 Å². The second-order valence-corrected chi connectivity index (χ2v) is 6.55. The van der Waals surface area contributed by atoms with E-state index in [4.69, 9.17) is 0 Å². The van der Waals surface area contributed by atoms with Crippen LogP contribution in [0.15, 0.2) is 6.07 Å². The van der Waals surface area contributed by atoms with Crippen molar-refractivity contribution in [3.8, 4) is 0 Å². The normalized spacial score (nSPS) is 17.2. The Morgan fingerprint density at radius 1 is 1.40 bits per heavy atom. The number of amides is 1. The van der Waals surface area contributed by atoms with Crippen molar-refractivity contribution >= 4 is 29.7 Å². The minimum atomic E-state index is 0. The zero-order valence-electron chi connectivity index (χ0n) is 12.3. The Bertz CT molecular complexity index is 434. The lowest BCUT2D eigenvalue weighted by molar-refractivity contribution is 0.0958. The Hall–Kier alpha value is -0.580. The monoisotopic (exact) mass is 316 g/mol. The van der Waals surface area contributed by atoms with E-state index in [1.54, 1.807) is 11.3 Å². The number of fused-ring (bicyclic) bond motifs is 1. The first-order valence-electron chi connectivity index (χ1n) is 7.31. The number of rotatable bonds is 6. The summed E-state index contributed by atoms with van der Waals surface area (Å²) in [5.74, 6) is 0.849. The molecule has 20 heavy (non-hydrogen) atoms. The molecule has 0 aliphatic heterocycles. The van der Waals surface area contributed by atoms with Gasteiger partial charge in [0.2, 0.25) is 0 Å². The smallest absolute Gasteiger partial charge is 0.261 e. The van der Waals surface area contributed by atoms with E-state index in [0.29, 0.717) is 6.54 Å². The van der Waals surface area contributed by atoms with E-state index in [-0.39, 0.29) is 18.3 Å². The lowest BCUT2D eigenvalue weighted by Gasteiger charge is -2.16. The van der Waals surface area contributed by atoms with Gasteiger partial charge in [0.25, 0.3) is 5.91 Å². The number of carbonyl (C=O) groups excluding carboxylic acids is 1. The fourth-order valence-electron chi connectivity index (χ4n) is 2.47. The summed E-state index contributed by atoms with van der Waals surface area (Å²) in [7, 11) is 0. The molecule has 3 nitrogen and oxygen atoms in total. The number of thiophene rings is 1. The Morgan fingerprint density at radius 2 is 2.20 bits per heavy atom. The van der Waals surface area contributed by atoms with Crippen LogP contribution in [0.25, 0.3) is 0 Å². The summed E-state index contributed by atoms with van der Waals surface area (Å²) in [4.78, 5) is 14.4. The predicted molar refractivity (Wildman–Crippen MR) is 88.2 cm³/mol. The zero-order chi connectivity index (χ0) is 13.7. The summed E-state index contributed by atoms with van der Waals surface area (Å²) in [6, 6.07) is 2.10. The van der Waals surface area contributed by atoms with E-state index in [0.717, 1.165) is 43.1 Å². The molecule has 0 saturated carbocycles. The molecular formula is C15H25ClN2OS. The van der Waals surface area contributed by atoms with Crippen LogP contribution in [-0.4, -0.2) is 25.5 Å². The molecule has 1 heterocycles. The third-order valence-electron chi connectivity index (χ3n) is 3.57. The van der Waals surface area contributed by atoms with Crippen LogP contribution in [0.3, 0.4) is 0 Å². The van der Waals surface area contributed by atoms with E-state index in [1.165, 1.54) is 16.9 Å². The third-order valence-corrected chi connectivity index (χ3v) is 4.80. The van der Waals surface area contributed by atoms with Gasteiger partial charge < -0.3 is 10.6 Å². The molecule has 0 radical (unpaired) electrons. The lowest BCUT2D eigenvalue weighted by atomic mass is 9.90. The Balaban J connectivity index is 0.00000200. The van der Waals surface area contributed by atoms with E-state index in [1.807, 2.05) is 0 Å². The number of halogens is 1. The molecule has 2 N–H and O–H groups in total. The molecular weight excluding hydrogens is 292 g/mol. The molecule has 1 amide bonds. The number of carbonyl (C=O) groups is 1. The van der Waals surface area contributed by atoms with Gasteiger partial charge in [-0.05, 0) is 49.8 Å². The lowest BCUT2D eigenvalue weighted by Crippen LogP contribution is -2.31. The molecule has 1 aromatic heterocycles. The first-order valence-corrected chi connectivity index (χ1v) is 8.12. The molecule has 1 aromatic rings. The molecule has 0 fully saturated rings. The molecule has 0 aromatic carbocycles. The minimum absolute atomic E-state index is 0. The van der Waals surface area contributed by atoms with Gasteiger partial charge in [0, 0.05) is 18.0 Å². The summed E-state index contributed by atoms with van der Waals surface area (Å²) in [6.45, 7) is 7.00. The van der Waals surface area contributed by atoms with Gasteiger partial charge in [-0.2, -0.15) is 0 Å². The van der Waals surface area contributed by atoms with Crippen molar-refractivity contribution in [2.24, 2.45) is 5.92 Å². The number of hydrogen-bond donors (Lipinski definition) is 2. The van der Waals surface area contributed by atoms with Gasteiger partial charge in [0.1, 0.15) is 0 Å². The first-order chi connectivity index (χ1) is 9.20. The quantitative estimate of drug-likeness (QED) is 0.792. The average Bonchev–Trinajstić information content (AvgIpc) is 2.81. The van der Waals surface area contributed by atoms with Crippen molar-refractivity contribution in [3.05, 3.63) is 21.4 Å². The Labute approximate surface area is 131 Å². The molecule has 1 atom stereocenters. The SMILES string of the molecule is CCCNCCNC(=O)c1cc2c(s1)CCC(C)C2.Cl. The molecule has 1 unspecified atom stereocenters. The van der Waals surface area contributed by atoms with Crippen LogP contribution in [0.2, 0.25) is 0 Å². The number of hydrogen-bond acceptors (Lipinski definition) is 3. The van der Waals surface area contributed by atoms with Crippen LogP contribution in [0.1, 0.15) is 46.8 Å². The third kappa shape index (κ3) is 4.76. The molecule has 0 saturated heterocycles. The van der Waals surface area contributed by atoms with Gasteiger partial charge in [0.15, 0.2) is 0 Å². The van der Waals surface area contributed by atoms with Gasteiger partial charge in [-0.15, -0.1) is 23.7 Å². The summed E-state index contributed by atoms with van der Waals surface area (Å²) >= 11 is 1.68. The molecule has 5 heteroatoms. The van der Waals surface area contributed by atoms with Gasteiger partial charge in [-0.1, -0.05) is 13.8 Å². The van der Waals surface area contributed by atoms with Crippen LogP contribution in [0.4, 0.5) is 0 Å². The molecule has 1 aliphatic carbocycles. The molecule has 114 valence electrons. The Morgan fingerprint density at radius 3 is 2.95 bits per heavy atom. The van der Waals surface area contributed by atoms with Gasteiger partial charge in [0.05, 0.1) is 4.88 Å². The largest absolute Gasteiger partial charge is 0.350 e. The maximum Gasteiger partial charge on any atom is 0.261 e. The maximum absolute atomic E-state index is 12.0. The van der Waals surface area contributed by atoms with Crippen LogP contribution >= 0.6 is 23.7 Å². The second kappa shape index (κ2) is 8.65. The molecule has 2 rings (SSSR count).